The number of Topliss-reactive ketones (excluding diaryl/α,β-unsaturated/α-hetero) is 3. The highest BCUT2D eigenvalue weighted by Gasteiger charge is 2.23. The van der Waals surface area contributed by atoms with Crippen molar-refractivity contribution < 1.29 is 33.6 Å². The highest BCUT2D eigenvalue weighted by molar-refractivity contribution is 5.82. The number of hydrogen-bond acceptors (Lipinski definition) is 7. The summed E-state index contributed by atoms with van der Waals surface area (Å²) in [6, 6.07) is -1.45. The molecule has 0 saturated carbocycles. The smallest absolute Gasteiger partial charge is 0.222 e. The SMILES string of the molecule is CCCCC(CC=O)NC(=O)CC(CCC(C)=O)NC(=O)CC(CCC(C)=O)NC(=O)CC(C)CCC(C)=O. The van der Waals surface area contributed by atoms with Gasteiger partial charge in [-0.05, 0) is 52.4 Å². The normalized spacial score (nSPS) is 13.9. The van der Waals surface area contributed by atoms with Gasteiger partial charge >= 0.3 is 0 Å². The van der Waals surface area contributed by atoms with Crippen LogP contribution < -0.4 is 16.0 Å². The summed E-state index contributed by atoms with van der Waals surface area (Å²) >= 11 is 0. The quantitative estimate of drug-likeness (QED) is 0.165. The van der Waals surface area contributed by atoms with Crippen molar-refractivity contribution in [1.82, 2.24) is 16.0 Å². The predicted molar refractivity (Wildman–Crippen MR) is 149 cm³/mol. The molecule has 3 N–H and O–H groups in total. The third kappa shape index (κ3) is 20.7. The fraction of sp³-hybridized carbons (Fsp3) is 0.759. The number of nitrogens with one attached hydrogen (secondary N) is 3. The first-order valence-corrected chi connectivity index (χ1v) is 14.2. The lowest BCUT2D eigenvalue weighted by Crippen LogP contribution is -2.45. The number of hydrogen-bond donors (Lipinski definition) is 3. The van der Waals surface area contributed by atoms with E-state index in [1.54, 1.807) is 0 Å². The molecule has 10 heteroatoms. The third-order valence-electron chi connectivity index (χ3n) is 6.46. The van der Waals surface area contributed by atoms with Gasteiger partial charge in [0.2, 0.25) is 17.7 Å². The second kappa shape index (κ2) is 21.0. The van der Waals surface area contributed by atoms with E-state index in [2.05, 4.69) is 16.0 Å². The van der Waals surface area contributed by atoms with Crippen LogP contribution >= 0.6 is 0 Å². The van der Waals surface area contributed by atoms with Crippen LogP contribution in [0, 0.1) is 5.92 Å². The molecule has 0 aromatic rings. The molecule has 222 valence electrons. The van der Waals surface area contributed by atoms with E-state index in [1.807, 2.05) is 13.8 Å². The van der Waals surface area contributed by atoms with Gasteiger partial charge in [-0.1, -0.05) is 26.7 Å². The topological polar surface area (TPSA) is 156 Å². The number of aldehydes is 1. The zero-order valence-corrected chi connectivity index (χ0v) is 24.4. The number of amides is 3. The maximum atomic E-state index is 12.9. The zero-order chi connectivity index (χ0) is 29.8. The lowest BCUT2D eigenvalue weighted by molar-refractivity contribution is -0.126. The summed E-state index contributed by atoms with van der Waals surface area (Å²) in [6.45, 7) is 8.29. The summed E-state index contributed by atoms with van der Waals surface area (Å²) in [5, 5.41) is 8.52. The first kappa shape index (κ1) is 36.1. The van der Waals surface area contributed by atoms with Crippen LogP contribution in [0.15, 0.2) is 0 Å². The molecule has 4 atom stereocenters. The van der Waals surface area contributed by atoms with Crippen molar-refractivity contribution in [3.05, 3.63) is 0 Å². The lowest BCUT2D eigenvalue weighted by Gasteiger charge is -2.23. The highest BCUT2D eigenvalue weighted by Crippen LogP contribution is 2.13. The molecule has 0 fully saturated rings. The van der Waals surface area contributed by atoms with Gasteiger partial charge in [0.05, 0.1) is 0 Å². The molecule has 4 unspecified atom stereocenters. The summed E-state index contributed by atoms with van der Waals surface area (Å²) < 4.78 is 0. The van der Waals surface area contributed by atoms with Crippen molar-refractivity contribution in [2.75, 3.05) is 0 Å². The molecule has 0 aliphatic heterocycles. The first-order chi connectivity index (χ1) is 18.4. The maximum absolute atomic E-state index is 12.9. The van der Waals surface area contributed by atoms with Crippen molar-refractivity contribution >= 4 is 41.4 Å². The minimum atomic E-state index is -0.597. The standard InChI is InChI=1S/C29H49N3O7/c1-6-7-8-24(15-16-33)30-28(38)18-26(14-12-23(5)36)32-29(39)19-25(13-11-22(4)35)31-27(37)17-20(2)9-10-21(3)34/h16,20,24-26H,6-15,17-19H2,1-5H3,(H,30,38)(H,31,37)(H,32,39). The van der Waals surface area contributed by atoms with Crippen LogP contribution in [0.2, 0.25) is 0 Å². The van der Waals surface area contributed by atoms with E-state index >= 15 is 0 Å². The van der Waals surface area contributed by atoms with Crippen LogP contribution in [-0.2, 0) is 33.6 Å². The zero-order valence-electron chi connectivity index (χ0n) is 24.4. The van der Waals surface area contributed by atoms with Crippen LogP contribution in [-0.4, -0.2) is 59.5 Å². The van der Waals surface area contributed by atoms with Crippen molar-refractivity contribution in [3.8, 4) is 0 Å². The number of unbranched alkanes of at least 4 members (excludes halogenated alkanes) is 1. The van der Waals surface area contributed by atoms with Gasteiger partial charge in [0, 0.05) is 63.1 Å². The molecule has 0 aliphatic rings. The van der Waals surface area contributed by atoms with Gasteiger partial charge < -0.3 is 35.1 Å². The fourth-order valence-electron chi connectivity index (χ4n) is 4.20. The van der Waals surface area contributed by atoms with E-state index in [-0.39, 0.29) is 86.1 Å². The molecule has 0 aromatic heterocycles. The van der Waals surface area contributed by atoms with Crippen LogP contribution in [0.5, 0.6) is 0 Å². The van der Waals surface area contributed by atoms with Crippen molar-refractivity contribution in [3.63, 3.8) is 0 Å². The Hall–Kier alpha value is -2.91. The molecule has 0 heterocycles. The minimum absolute atomic E-state index is 0.00831. The summed E-state index contributed by atoms with van der Waals surface area (Å²) in [4.78, 5) is 83.5. The van der Waals surface area contributed by atoms with E-state index in [1.165, 1.54) is 20.8 Å². The molecule has 0 aliphatic carbocycles. The Morgan fingerprint density at radius 2 is 1.03 bits per heavy atom. The molecular weight excluding hydrogens is 502 g/mol. The number of rotatable bonds is 23. The van der Waals surface area contributed by atoms with Crippen molar-refractivity contribution in [2.45, 2.75) is 136 Å². The molecular formula is C29H49N3O7. The van der Waals surface area contributed by atoms with Gasteiger partial charge in [-0.15, -0.1) is 0 Å². The van der Waals surface area contributed by atoms with E-state index in [4.69, 9.17) is 0 Å². The van der Waals surface area contributed by atoms with Gasteiger partial charge in [0.25, 0.3) is 0 Å². The van der Waals surface area contributed by atoms with Crippen LogP contribution in [0.4, 0.5) is 0 Å². The van der Waals surface area contributed by atoms with Crippen molar-refractivity contribution in [2.24, 2.45) is 5.92 Å². The van der Waals surface area contributed by atoms with Crippen LogP contribution in [0.25, 0.3) is 0 Å². The summed E-state index contributed by atoms with van der Waals surface area (Å²) in [6.07, 6.45) is 5.48. The van der Waals surface area contributed by atoms with Crippen LogP contribution in [0.3, 0.4) is 0 Å². The number of carbonyl (C=O) groups excluding carboxylic acids is 7. The number of ketones is 3. The Balaban J connectivity index is 5.23. The van der Waals surface area contributed by atoms with E-state index in [9.17, 15) is 33.6 Å². The van der Waals surface area contributed by atoms with E-state index in [0.29, 0.717) is 25.7 Å². The van der Waals surface area contributed by atoms with Gasteiger partial charge in [0.1, 0.15) is 23.6 Å². The monoisotopic (exact) mass is 551 g/mol. The molecule has 3 amide bonds. The Labute approximate surface area is 233 Å². The maximum Gasteiger partial charge on any atom is 0.222 e. The number of carbonyl (C=O) groups is 7. The lowest BCUT2D eigenvalue weighted by atomic mass is 9.99. The van der Waals surface area contributed by atoms with E-state index in [0.717, 1.165) is 19.1 Å². The van der Waals surface area contributed by atoms with Gasteiger partial charge in [-0.25, -0.2) is 0 Å². The Morgan fingerprint density at radius 3 is 1.44 bits per heavy atom. The Kier molecular flexibility index (Phi) is 19.4. The molecule has 0 spiro atoms. The highest BCUT2D eigenvalue weighted by atomic mass is 16.2. The largest absolute Gasteiger partial charge is 0.353 e. The molecule has 0 radical (unpaired) electrons. The first-order valence-electron chi connectivity index (χ1n) is 14.2. The second-order valence-corrected chi connectivity index (χ2v) is 10.8. The average Bonchev–Trinajstić information content (AvgIpc) is 2.83. The molecule has 0 saturated heterocycles. The second-order valence-electron chi connectivity index (χ2n) is 10.8. The van der Waals surface area contributed by atoms with Crippen LogP contribution in [0.1, 0.15) is 118 Å². The predicted octanol–water partition coefficient (Wildman–Crippen LogP) is 3.13. The third-order valence-corrected chi connectivity index (χ3v) is 6.46. The average molecular weight is 552 g/mol. The molecule has 0 bridgehead atoms. The van der Waals surface area contributed by atoms with Gasteiger partial charge in [0.15, 0.2) is 0 Å². The molecule has 0 rings (SSSR count). The van der Waals surface area contributed by atoms with E-state index < -0.39 is 18.0 Å². The molecule has 0 aromatic carbocycles. The molecule has 39 heavy (non-hydrogen) atoms. The summed E-state index contributed by atoms with van der Waals surface area (Å²) in [5.74, 6) is -1.04. The Morgan fingerprint density at radius 1 is 0.615 bits per heavy atom. The molecule has 10 nitrogen and oxygen atoms in total. The van der Waals surface area contributed by atoms with Gasteiger partial charge in [-0.2, -0.15) is 0 Å². The Bertz CT molecular complexity index is 828. The summed E-state index contributed by atoms with van der Waals surface area (Å²) in [7, 11) is 0. The minimum Gasteiger partial charge on any atom is -0.353 e. The summed E-state index contributed by atoms with van der Waals surface area (Å²) in [5.41, 5.74) is 0. The van der Waals surface area contributed by atoms with Gasteiger partial charge in [-0.3, -0.25) is 14.4 Å². The fourth-order valence-corrected chi connectivity index (χ4v) is 4.20. The van der Waals surface area contributed by atoms with Crippen molar-refractivity contribution in [1.29, 1.82) is 0 Å².